The first-order chi connectivity index (χ1) is 67.4. The van der Waals surface area contributed by atoms with E-state index in [2.05, 4.69) is 429 Å². The first-order valence-corrected chi connectivity index (χ1v) is 47.0. The molecule has 25 aromatic rings. The SMILES string of the molecule is CCc1nc2cccc3c2n1-c1c(cccc1-c1c2ccccc2c(-c2ccc4ccccc4c2)c2ccc(-c4ccccc4)cc12)O3.CCc1nc2cccc3c2n1-c1c(cccc1-c1ccc(-c2c4ccccc4c(-c4ccccc4)c4ccccc24)cc1)O3.CCc1nc2cccc3c2n1-c1c(cccc1-c1cccc(-c2c4ccccc4c(-c4ccccc4)c4ccccc24)c1)O3. The van der Waals surface area contributed by atoms with Crippen LogP contribution in [0.4, 0.5) is 0 Å². The first-order valence-electron chi connectivity index (χ1n) is 47.0. The zero-order valence-electron chi connectivity index (χ0n) is 75.0. The van der Waals surface area contributed by atoms with Gasteiger partial charge in [-0.3, -0.25) is 13.7 Å². The Labute approximate surface area is 785 Å². The molecule has 0 saturated carbocycles. The Morgan fingerprint density at radius 1 is 0.184 bits per heavy atom. The number of nitrogens with zero attached hydrogens (tertiary/aromatic N) is 6. The molecule has 0 radical (unpaired) electrons. The fourth-order valence-electron chi connectivity index (χ4n) is 21.9. The lowest BCUT2D eigenvalue weighted by atomic mass is 9.84. The highest BCUT2D eigenvalue weighted by Gasteiger charge is 2.33. The van der Waals surface area contributed by atoms with Gasteiger partial charge in [0, 0.05) is 36.0 Å². The Hall–Kier alpha value is -17.5. The number of imidazole rings is 3. The molecule has 22 aromatic carbocycles. The summed E-state index contributed by atoms with van der Waals surface area (Å²) >= 11 is 0. The lowest BCUT2D eigenvalue weighted by molar-refractivity contribution is 0.474. The van der Waals surface area contributed by atoms with Crippen LogP contribution in [0.25, 0.3) is 226 Å². The number of hydrogen-bond acceptors (Lipinski definition) is 6. The average Bonchev–Trinajstić information content (AvgIpc) is 1.01. The molecule has 136 heavy (non-hydrogen) atoms. The quantitative estimate of drug-likeness (QED) is 0.113. The Morgan fingerprint density at radius 2 is 0.471 bits per heavy atom. The molecule has 9 heteroatoms. The van der Waals surface area contributed by atoms with Gasteiger partial charge < -0.3 is 14.2 Å². The molecule has 0 fully saturated rings. The second-order valence-electron chi connectivity index (χ2n) is 35.3. The molecule has 0 aliphatic carbocycles. The Morgan fingerprint density at radius 3 is 0.897 bits per heavy atom. The summed E-state index contributed by atoms with van der Waals surface area (Å²) in [5.41, 5.74) is 30.8. The molecule has 0 unspecified atom stereocenters. The molecule has 0 bridgehead atoms. The minimum atomic E-state index is 0.808. The molecule has 3 aromatic heterocycles. The summed E-state index contributed by atoms with van der Waals surface area (Å²) in [6.07, 6.45) is 2.47. The molecular formula is C127H86N6O3. The minimum Gasteiger partial charge on any atom is -0.453 e. The summed E-state index contributed by atoms with van der Waals surface area (Å²) in [6.45, 7) is 6.50. The van der Waals surface area contributed by atoms with Crippen molar-refractivity contribution in [3.63, 3.8) is 0 Å². The van der Waals surface area contributed by atoms with Gasteiger partial charge >= 0.3 is 0 Å². The standard InChI is InChI=1S/C45H30N2O.2C41H28N2O/c1-2-41-46-38-19-11-21-40-45(38)47(41)44-36(18-10-20-39(44)48-40)43-34-17-9-8-16-33(34)42(32-23-22-29-14-6-7-15-30(29)26-32)35-25-24-31(27-37(35)43)28-12-4-3-5-13-28;1-2-37-42-34-22-12-24-36-41(34)43(37)40-29(21-11-23-35(40)44-36)27-15-10-16-28(25-27)39-32-19-8-6-17-30(32)38(26-13-4-3-5-14-26)31-18-7-9-20-33(31)39;1-2-37-42-34-19-11-21-36-41(34)43(37)40-29(18-10-20-35(40)44-36)26-22-24-28(25-23-26)39-32-16-8-6-14-30(32)38(27-12-4-3-5-13-27)31-15-7-9-17-33(31)39/h3-27H,2H2,1H3;2*3-25H,2H2,1H3. The monoisotopic (exact) mass is 1740 g/mol. The van der Waals surface area contributed by atoms with Crippen LogP contribution in [0.1, 0.15) is 38.2 Å². The number of aryl methyl sites for hydroxylation is 3. The van der Waals surface area contributed by atoms with Gasteiger partial charge in [-0.05, 0) is 232 Å². The third-order valence-electron chi connectivity index (χ3n) is 27.8. The third-order valence-corrected chi connectivity index (χ3v) is 27.8. The molecule has 0 atom stereocenters. The van der Waals surface area contributed by atoms with E-state index in [1.807, 2.05) is 36.4 Å². The van der Waals surface area contributed by atoms with Crippen molar-refractivity contribution in [3.8, 4) is 152 Å². The molecule has 0 amide bonds. The van der Waals surface area contributed by atoms with Crippen molar-refractivity contribution in [3.05, 3.63) is 448 Å². The maximum absolute atomic E-state index is 6.66. The third kappa shape index (κ3) is 12.8. The smallest absolute Gasteiger partial charge is 0.153 e. The Balaban J connectivity index is 0.000000106. The molecule has 6 heterocycles. The average molecular weight is 1740 g/mol. The lowest BCUT2D eigenvalue weighted by Crippen LogP contribution is -2.09. The highest BCUT2D eigenvalue weighted by molar-refractivity contribution is 6.26. The molecular weight excluding hydrogens is 1660 g/mol. The van der Waals surface area contributed by atoms with Crippen LogP contribution in [0, 0.1) is 0 Å². The van der Waals surface area contributed by atoms with Crippen LogP contribution in [-0.2, 0) is 19.3 Å². The van der Waals surface area contributed by atoms with E-state index in [-0.39, 0.29) is 0 Å². The van der Waals surface area contributed by atoms with Crippen LogP contribution in [0.2, 0.25) is 0 Å². The summed E-state index contributed by atoms with van der Waals surface area (Å²) in [7, 11) is 0. The van der Waals surface area contributed by atoms with Gasteiger partial charge in [0.15, 0.2) is 34.5 Å². The van der Waals surface area contributed by atoms with Crippen molar-refractivity contribution in [2.45, 2.75) is 40.0 Å². The van der Waals surface area contributed by atoms with E-state index in [9.17, 15) is 0 Å². The van der Waals surface area contributed by atoms with Crippen molar-refractivity contribution < 1.29 is 14.2 Å². The number of hydrogen-bond donors (Lipinski definition) is 0. The predicted molar refractivity (Wildman–Crippen MR) is 563 cm³/mol. The maximum atomic E-state index is 6.66. The number of para-hydroxylation sites is 6. The number of fused-ring (bicyclic) bond motifs is 13. The topological polar surface area (TPSA) is 81.1 Å². The van der Waals surface area contributed by atoms with E-state index >= 15 is 0 Å². The second kappa shape index (κ2) is 32.5. The van der Waals surface area contributed by atoms with Crippen LogP contribution in [0.3, 0.4) is 0 Å². The molecule has 9 nitrogen and oxygen atoms in total. The van der Waals surface area contributed by atoms with Crippen molar-refractivity contribution in [1.29, 1.82) is 0 Å². The number of rotatable bonds is 12. The van der Waals surface area contributed by atoms with Gasteiger partial charge in [0.2, 0.25) is 0 Å². The zero-order chi connectivity index (χ0) is 90.2. The summed E-state index contributed by atoms with van der Waals surface area (Å²) in [6, 6.07) is 154. The van der Waals surface area contributed by atoms with Crippen molar-refractivity contribution in [1.82, 2.24) is 28.7 Å². The van der Waals surface area contributed by atoms with Gasteiger partial charge in [-0.25, -0.2) is 15.0 Å². The van der Waals surface area contributed by atoms with Crippen LogP contribution < -0.4 is 14.2 Å². The molecule has 28 rings (SSSR count). The maximum Gasteiger partial charge on any atom is 0.153 e. The van der Waals surface area contributed by atoms with Gasteiger partial charge in [0.1, 0.15) is 34.0 Å². The Kier molecular flexibility index (Phi) is 19.0. The van der Waals surface area contributed by atoms with Crippen molar-refractivity contribution >= 4 is 109 Å². The number of aromatic nitrogens is 6. The highest BCUT2D eigenvalue weighted by Crippen LogP contribution is 2.55. The van der Waals surface area contributed by atoms with E-state index in [4.69, 9.17) is 29.2 Å². The lowest BCUT2D eigenvalue weighted by Gasteiger charge is -2.25. The van der Waals surface area contributed by atoms with Crippen LogP contribution in [0.5, 0.6) is 34.5 Å². The summed E-state index contributed by atoms with van der Waals surface area (Å²) in [5.74, 6) is 8.20. The molecule has 0 spiro atoms. The van der Waals surface area contributed by atoms with E-state index in [1.165, 1.54) is 148 Å². The first kappa shape index (κ1) is 79.4. The number of benzene rings is 22. The van der Waals surface area contributed by atoms with Gasteiger partial charge in [0.25, 0.3) is 0 Å². The summed E-state index contributed by atoms with van der Waals surface area (Å²) < 4.78 is 26.6. The van der Waals surface area contributed by atoms with Gasteiger partial charge in [-0.1, -0.05) is 379 Å². The van der Waals surface area contributed by atoms with E-state index in [0.29, 0.717) is 0 Å². The van der Waals surface area contributed by atoms with Crippen LogP contribution in [-0.4, -0.2) is 28.7 Å². The van der Waals surface area contributed by atoms with Crippen molar-refractivity contribution in [2.75, 3.05) is 0 Å². The summed E-state index contributed by atoms with van der Waals surface area (Å²) in [4.78, 5) is 15.0. The number of ether oxygens (including phenoxy) is 3. The normalized spacial score (nSPS) is 12.1. The molecule has 642 valence electrons. The predicted octanol–water partition coefficient (Wildman–Crippen LogP) is 34.2. The van der Waals surface area contributed by atoms with Gasteiger partial charge in [-0.15, -0.1) is 0 Å². The van der Waals surface area contributed by atoms with Crippen LogP contribution in [0.15, 0.2) is 431 Å². The molecule has 0 saturated heterocycles. The Bertz CT molecular complexity index is 9080. The molecule has 3 aliphatic rings. The van der Waals surface area contributed by atoms with E-state index < -0.39 is 0 Å². The fourth-order valence-corrected chi connectivity index (χ4v) is 21.9. The van der Waals surface area contributed by atoms with Gasteiger partial charge in [-0.2, -0.15) is 0 Å². The van der Waals surface area contributed by atoms with Gasteiger partial charge in [0.05, 0.1) is 33.6 Å². The van der Waals surface area contributed by atoms with Crippen molar-refractivity contribution in [2.24, 2.45) is 0 Å². The highest BCUT2D eigenvalue weighted by atomic mass is 16.5. The van der Waals surface area contributed by atoms with E-state index in [0.717, 1.165) is 149 Å². The summed E-state index contributed by atoms with van der Waals surface area (Å²) in [5, 5.41) is 17.4. The van der Waals surface area contributed by atoms with Crippen LogP contribution >= 0.6 is 0 Å². The van der Waals surface area contributed by atoms with E-state index in [1.54, 1.807) is 0 Å². The fraction of sp³-hybridized carbons (Fsp3) is 0.0472. The largest absolute Gasteiger partial charge is 0.453 e. The molecule has 3 aliphatic heterocycles. The minimum absolute atomic E-state index is 0.808. The zero-order valence-corrected chi connectivity index (χ0v) is 75.0. The second-order valence-corrected chi connectivity index (χ2v) is 35.3. The molecule has 0 N–H and O–H groups in total.